The van der Waals surface area contributed by atoms with E-state index in [0.717, 1.165) is 45.3 Å². The molecule has 0 aliphatic carbocycles. The molecule has 3 heteroatoms. The summed E-state index contributed by atoms with van der Waals surface area (Å²) < 4.78 is 0. The number of nitrogens with one attached hydrogen (secondary N) is 1. The van der Waals surface area contributed by atoms with Crippen LogP contribution in [0.25, 0.3) is 6.08 Å². The van der Waals surface area contributed by atoms with E-state index < -0.39 is 0 Å². The Morgan fingerprint density at radius 2 is 1.92 bits per heavy atom. The summed E-state index contributed by atoms with van der Waals surface area (Å²) in [7, 11) is 0. The van der Waals surface area contributed by atoms with E-state index in [0.29, 0.717) is 5.91 Å². The van der Waals surface area contributed by atoms with E-state index in [-0.39, 0.29) is 0 Å². The summed E-state index contributed by atoms with van der Waals surface area (Å²) in [5.74, 6) is 0.379. The van der Waals surface area contributed by atoms with Gasteiger partial charge in [-0.05, 0) is 62.1 Å². The number of likely N-dealkylation sites (tertiary alicyclic amines) is 1. The molecule has 0 bridgehead atoms. The minimum Gasteiger partial charge on any atom is -0.384 e. The molecular weight excluding hydrogens is 308 g/mol. The Balaban J connectivity index is 1.24. The number of carbonyl (C=O) groups excluding carboxylic acids is 1. The summed E-state index contributed by atoms with van der Waals surface area (Å²) in [4.78, 5) is 14.1. The van der Waals surface area contributed by atoms with Crippen molar-refractivity contribution < 1.29 is 4.79 Å². The number of hydrogen-bond donors (Lipinski definition) is 1. The molecule has 0 atom stereocenters. The van der Waals surface area contributed by atoms with Crippen LogP contribution in [0, 0.1) is 0 Å². The number of carbonyl (C=O) groups is 1. The lowest BCUT2D eigenvalue weighted by molar-refractivity contribution is -0.132. The smallest absolute Gasteiger partial charge is 0.222 e. The van der Waals surface area contributed by atoms with Gasteiger partial charge in [-0.1, -0.05) is 37.1 Å². The van der Waals surface area contributed by atoms with E-state index in [1.165, 1.54) is 55.3 Å². The average molecular weight is 341 g/mol. The number of amides is 1. The summed E-state index contributed by atoms with van der Waals surface area (Å²) in [6.45, 7) is 3.05. The number of rotatable bonds is 8. The number of fused-ring (bicyclic) bond motifs is 1. The SMILES string of the molecule is O=C(CCCCCC/C=C/c1ccc2c(c1)NCC2)N1CCCCC1. The van der Waals surface area contributed by atoms with Crippen molar-refractivity contribution in [2.45, 2.75) is 64.2 Å². The third-order valence-corrected chi connectivity index (χ3v) is 5.37. The minimum absolute atomic E-state index is 0.379. The molecule has 3 nitrogen and oxygen atoms in total. The Labute approximate surface area is 152 Å². The fourth-order valence-corrected chi connectivity index (χ4v) is 3.82. The van der Waals surface area contributed by atoms with Gasteiger partial charge in [-0.15, -0.1) is 0 Å². The number of hydrogen-bond acceptors (Lipinski definition) is 2. The predicted molar refractivity (Wildman–Crippen MR) is 106 cm³/mol. The van der Waals surface area contributed by atoms with E-state index in [9.17, 15) is 4.79 Å². The second-order valence-electron chi connectivity index (χ2n) is 7.39. The number of allylic oxidation sites excluding steroid dienone is 1. The van der Waals surface area contributed by atoms with Crippen molar-refractivity contribution in [3.8, 4) is 0 Å². The fourth-order valence-electron chi connectivity index (χ4n) is 3.82. The molecule has 136 valence electrons. The van der Waals surface area contributed by atoms with E-state index >= 15 is 0 Å². The lowest BCUT2D eigenvalue weighted by Gasteiger charge is -2.26. The van der Waals surface area contributed by atoms with Gasteiger partial charge in [0.15, 0.2) is 0 Å². The quantitative estimate of drug-likeness (QED) is 0.674. The number of anilines is 1. The third-order valence-electron chi connectivity index (χ3n) is 5.37. The van der Waals surface area contributed by atoms with Gasteiger partial charge in [0.05, 0.1) is 0 Å². The molecular formula is C22H32N2O. The monoisotopic (exact) mass is 340 g/mol. The van der Waals surface area contributed by atoms with Crippen molar-refractivity contribution in [3.05, 3.63) is 35.4 Å². The number of unbranched alkanes of at least 4 members (excludes halogenated alkanes) is 4. The van der Waals surface area contributed by atoms with Crippen molar-refractivity contribution in [1.82, 2.24) is 4.90 Å². The van der Waals surface area contributed by atoms with Gasteiger partial charge in [-0.25, -0.2) is 0 Å². The van der Waals surface area contributed by atoms with Crippen LogP contribution >= 0.6 is 0 Å². The van der Waals surface area contributed by atoms with Crippen molar-refractivity contribution >= 4 is 17.7 Å². The van der Waals surface area contributed by atoms with Crippen LogP contribution in [0.5, 0.6) is 0 Å². The zero-order chi connectivity index (χ0) is 17.3. The lowest BCUT2D eigenvalue weighted by Crippen LogP contribution is -2.35. The highest BCUT2D eigenvalue weighted by atomic mass is 16.2. The molecule has 1 aromatic rings. The van der Waals surface area contributed by atoms with E-state index in [4.69, 9.17) is 0 Å². The first kappa shape index (κ1) is 18.0. The Morgan fingerprint density at radius 3 is 2.80 bits per heavy atom. The van der Waals surface area contributed by atoms with Crippen LogP contribution in [-0.2, 0) is 11.2 Å². The molecule has 2 aliphatic heterocycles. The van der Waals surface area contributed by atoms with Crippen molar-refractivity contribution in [2.24, 2.45) is 0 Å². The van der Waals surface area contributed by atoms with Gasteiger partial charge in [-0.2, -0.15) is 0 Å². The van der Waals surface area contributed by atoms with E-state index in [1.54, 1.807) is 0 Å². The van der Waals surface area contributed by atoms with Crippen LogP contribution in [0.2, 0.25) is 0 Å². The standard InChI is InChI=1S/C22H32N2O/c25-22(24-16-8-5-9-17-24)11-7-4-2-1-3-6-10-19-12-13-20-14-15-23-21(20)18-19/h6,10,12-13,18,23H,1-5,7-9,11,14-17H2/b10-6+. The number of benzene rings is 1. The van der Waals surface area contributed by atoms with Gasteiger partial charge in [0.1, 0.15) is 0 Å². The van der Waals surface area contributed by atoms with Crippen LogP contribution in [-0.4, -0.2) is 30.4 Å². The largest absolute Gasteiger partial charge is 0.384 e. The molecule has 1 N–H and O–H groups in total. The summed E-state index contributed by atoms with van der Waals surface area (Å²) >= 11 is 0. The Hall–Kier alpha value is -1.77. The first-order valence-corrected chi connectivity index (χ1v) is 10.1. The van der Waals surface area contributed by atoms with Crippen LogP contribution in [0.3, 0.4) is 0 Å². The van der Waals surface area contributed by atoms with Crippen LogP contribution in [0.4, 0.5) is 5.69 Å². The molecule has 1 aromatic carbocycles. The molecule has 1 amide bonds. The van der Waals surface area contributed by atoms with Crippen molar-refractivity contribution in [2.75, 3.05) is 25.0 Å². The third kappa shape index (κ3) is 5.62. The minimum atomic E-state index is 0.379. The molecule has 0 spiro atoms. The molecule has 1 fully saturated rings. The summed E-state index contributed by atoms with van der Waals surface area (Å²) in [6.07, 6.45) is 15.9. The number of piperidine rings is 1. The van der Waals surface area contributed by atoms with Gasteiger partial charge in [0.2, 0.25) is 5.91 Å². The highest BCUT2D eigenvalue weighted by Crippen LogP contribution is 2.23. The van der Waals surface area contributed by atoms with E-state index in [2.05, 4.69) is 40.6 Å². The maximum atomic E-state index is 12.1. The fraction of sp³-hybridized carbons (Fsp3) is 0.591. The zero-order valence-electron chi connectivity index (χ0n) is 15.4. The molecule has 25 heavy (non-hydrogen) atoms. The average Bonchev–Trinajstić information content (AvgIpc) is 3.12. The van der Waals surface area contributed by atoms with Crippen LogP contribution in [0.15, 0.2) is 24.3 Å². The van der Waals surface area contributed by atoms with Crippen LogP contribution < -0.4 is 5.32 Å². The molecule has 1 saturated heterocycles. The Morgan fingerprint density at radius 1 is 1.08 bits per heavy atom. The first-order chi connectivity index (χ1) is 12.3. The van der Waals surface area contributed by atoms with Crippen LogP contribution in [0.1, 0.15) is 68.9 Å². The second-order valence-corrected chi connectivity index (χ2v) is 7.39. The highest BCUT2D eigenvalue weighted by molar-refractivity contribution is 5.76. The molecule has 0 radical (unpaired) electrons. The van der Waals surface area contributed by atoms with Gasteiger partial charge >= 0.3 is 0 Å². The summed E-state index contributed by atoms with van der Waals surface area (Å²) in [5.41, 5.74) is 4.04. The first-order valence-electron chi connectivity index (χ1n) is 10.1. The highest BCUT2D eigenvalue weighted by Gasteiger charge is 2.15. The van der Waals surface area contributed by atoms with E-state index in [1.807, 2.05) is 0 Å². The molecule has 0 unspecified atom stereocenters. The summed E-state index contributed by atoms with van der Waals surface area (Å²) in [5, 5.41) is 3.43. The molecule has 2 heterocycles. The maximum Gasteiger partial charge on any atom is 0.222 e. The topological polar surface area (TPSA) is 32.3 Å². The molecule has 2 aliphatic rings. The maximum absolute atomic E-state index is 12.1. The lowest BCUT2D eigenvalue weighted by atomic mass is 10.1. The van der Waals surface area contributed by atoms with Gasteiger partial charge in [0, 0.05) is 31.7 Å². The predicted octanol–water partition coefficient (Wildman–Crippen LogP) is 5.02. The molecule has 3 rings (SSSR count). The molecule has 0 aromatic heterocycles. The Bertz CT molecular complexity index is 588. The van der Waals surface area contributed by atoms with Gasteiger partial charge in [-0.3, -0.25) is 4.79 Å². The van der Waals surface area contributed by atoms with Gasteiger partial charge < -0.3 is 10.2 Å². The zero-order valence-corrected chi connectivity index (χ0v) is 15.4. The normalized spacial score (nSPS) is 16.9. The number of nitrogens with zero attached hydrogens (tertiary/aromatic N) is 1. The van der Waals surface area contributed by atoms with Crippen molar-refractivity contribution in [3.63, 3.8) is 0 Å². The Kier molecular flexibility index (Phi) is 6.96. The van der Waals surface area contributed by atoms with Crippen molar-refractivity contribution in [1.29, 1.82) is 0 Å². The molecule has 0 saturated carbocycles. The van der Waals surface area contributed by atoms with Gasteiger partial charge in [0.25, 0.3) is 0 Å². The second kappa shape index (κ2) is 9.65. The summed E-state index contributed by atoms with van der Waals surface area (Å²) in [6, 6.07) is 6.72.